The highest BCUT2D eigenvalue weighted by Gasteiger charge is 2.06. The van der Waals surface area contributed by atoms with Gasteiger partial charge in [-0.1, -0.05) is 12.2 Å². The van der Waals surface area contributed by atoms with Gasteiger partial charge in [-0.25, -0.2) is 4.79 Å². The van der Waals surface area contributed by atoms with Gasteiger partial charge in [0, 0.05) is 6.20 Å². The van der Waals surface area contributed by atoms with E-state index in [1.54, 1.807) is 24.3 Å². The largest absolute Gasteiger partial charge is 0.464 e. The average molecular weight is 164 g/mol. The van der Waals surface area contributed by atoms with Crippen LogP contribution in [0, 0.1) is 0 Å². The Bertz CT molecular complexity index is 287. The summed E-state index contributed by atoms with van der Waals surface area (Å²) < 4.78 is 4.47. The van der Waals surface area contributed by atoms with Crippen LogP contribution in [-0.4, -0.2) is 13.1 Å². The summed E-state index contributed by atoms with van der Waals surface area (Å²) in [6.07, 6.45) is 8.20. The molecule has 0 aromatic heterocycles. The third kappa shape index (κ3) is 2.16. The smallest absolute Gasteiger partial charge is 0.358 e. The number of nitrogens with zero attached hydrogens (tertiary/aromatic N) is 2. The number of ether oxygens (including phenoxy) is 1. The second-order valence-corrected chi connectivity index (χ2v) is 1.99. The van der Waals surface area contributed by atoms with Crippen molar-refractivity contribution in [1.82, 2.24) is 0 Å². The Morgan fingerprint density at radius 2 is 2.25 bits per heavy atom. The molecule has 0 aliphatic carbocycles. The molecule has 0 spiro atoms. The Kier molecular flexibility index (Phi) is 2.95. The molecule has 0 bridgehead atoms. The van der Waals surface area contributed by atoms with Gasteiger partial charge in [0.15, 0.2) is 5.70 Å². The molecule has 1 aliphatic heterocycles. The Morgan fingerprint density at radius 1 is 1.42 bits per heavy atom. The molecule has 4 heteroatoms. The van der Waals surface area contributed by atoms with Crippen molar-refractivity contribution in [3.05, 3.63) is 36.2 Å². The number of carbonyl (C=O) groups is 1. The highest BCUT2D eigenvalue weighted by molar-refractivity contribution is 5.88. The van der Waals surface area contributed by atoms with E-state index in [9.17, 15) is 4.79 Å². The molecule has 4 nitrogen and oxygen atoms in total. The summed E-state index contributed by atoms with van der Waals surface area (Å²) in [5, 5.41) is 7.23. The van der Waals surface area contributed by atoms with Crippen molar-refractivity contribution < 1.29 is 9.53 Å². The number of esters is 1. The lowest BCUT2D eigenvalue weighted by Gasteiger charge is -1.96. The number of methoxy groups -OCH3 is 1. The SMILES string of the molecule is COC(=O)C1=CC=CC=CN=N1. The molecule has 62 valence electrons. The summed E-state index contributed by atoms with van der Waals surface area (Å²) in [4.78, 5) is 10.9. The highest BCUT2D eigenvalue weighted by atomic mass is 16.5. The molecule has 0 radical (unpaired) electrons. The first-order chi connectivity index (χ1) is 5.84. The van der Waals surface area contributed by atoms with Crippen molar-refractivity contribution in [2.45, 2.75) is 0 Å². The van der Waals surface area contributed by atoms with Gasteiger partial charge in [0.25, 0.3) is 0 Å². The predicted molar refractivity (Wildman–Crippen MR) is 43.2 cm³/mol. The molecule has 1 aliphatic rings. The fourth-order valence-electron chi connectivity index (χ4n) is 0.641. The van der Waals surface area contributed by atoms with E-state index < -0.39 is 5.97 Å². The van der Waals surface area contributed by atoms with Crippen molar-refractivity contribution >= 4 is 5.97 Å². The van der Waals surface area contributed by atoms with Gasteiger partial charge in [-0.05, 0) is 12.2 Å². The zero-order chi connectivity index (χ0) is 8.81. The Hall–Kier alpha value is -1.71. The van der Waals surface area contributed by atoms with Crippen LogP contribution in [0.2, 0.25) is 0 Å². The molecule has 0 amide bonds. The van der Waals surface area contributed by atoms with Crippen molar-refractivity contribution in [3.8, 4) is 0 Å². The first-order valence-corrected chi connectivity index (χ1v) is 3.37. The Labute approximate surface area is 69.9 Å². The van der Waals surface area contributed by atoms with E-state index in [4.69, 9.17) is 0 Å². The lowest BCUT2D eigenvalue weighted by molar-refractivity contribution is -0.136. The quantitative estimate of drug-likeness (QED) is 0.552. The summed E-state index contributed by atoms with van der Waals surface area (Å²) in [7, 11) is 1.30. The third-order valence-corrected chi connectivity index (χ3v) is 1.19. The fourth-order valence-corrected chi connectivity index (χ4v) is 0.641. The maximum absolute atomic E-state index is 10.9. The number of azo groups is 1. The van der Waals surface area contributed by atoms with E-state index in [-0.39, 0.29) is 5.70 Å². The van der Waals surface area contributed by atoms with Gasteiger partial charge in [0.05, 0.1) is 7.11 Å². The summed E-state index contributed by atoms with van der Waals surface area (Å²) in [5.41, 5.74) is 0.193. The first-order valence-electron chi connectivity index (χ1n) is 3.37. The minimum absolute atomic E-state index is 0.193. The van der Waals surface area contributed by atoms with Crippen molar-refractivity contribution in [2.24, 2.45) is 10.2 Å². The molecule has 12 heavy (non-hydrogen) atoms. The fraction of sp³-hybridized carbons (Fsp3) is 0.125. The van der Waals surface area contributed by atoms with E-state index in [1.165, 1.54) is 13.3 Å². The van der Waals surface area contributed by atoms with Crippen LogP contribution in [0.4, 0.5) is 0 Å². The molecule has 0 unspecified atom stereocenters. The summed E-state index contributed by atoms with van der Waals surface area (Å²) >= 11 is 0. The minimum Gasteiger partial charge on any atom is -0.464 e. The second kappa shape index (κ2) is 4.23. The maximum Gasteiger partial charge on any atom is 0.358 e. The molecule has 0 atom stereocenters. The van der Waals surface area contributed by atoms with Crippen LogP contribution >= 0.6 is 0 Å². The number of carbonyl (C=O) groups excluding carboxylic acids is 1. The number of rotatable bonds is 1. The molecule has 0 aromatic rings. The van der Waals surface area contributed by atoms with Crippen LogP contribution < -0.4 is 0 Å². The first kappa shape index (κ1) is 8.39. The van der Waals surface area contributed by atoms with Gasteiger partial charge in [-0.3, -0.25) is 0 Å². The van der Waals surface area contributed by atoms with Crippen LogP contribution in [-0.2, 0) is 9.53 Å². The van der Waals surface area contributed by atoms with E-state index in [2.05, 4.69) is 15.0 Å². The van der Waals surface area contributed by atoms with E-state index in [0.717, 1.165) is 0 Å². The van der Waals surface area contributed by atoms with Gasteiger partial charge in [-0.2, -0.15) is 5.11 Å². The predicted octanol–water partition coefficient (Wildman–Crippen LogP) is 1.58. The zero-order valence-electron chi connectivity index (χ0n) is 6.60. The lowest BCUT2D eigenvalue weighted by atomic mass is 10.3. The lowest BCUT2D eigenvalue weighted by Crippen LogP contribution is -2.01. The molecule has 0 fully saturated rings. The summed E-state index contributed by atoms with van der Waals surface area (Å²) in [5.74, 6) is -0.487. The topological polar surface area (TPSA) is 51.0 Å². The molecular weight excluding hydrogens is 156 g/mol. The molecule has 1 rings (SSSR count). The molecule has 0 N–H and O–H groups in total. The normalized spacial score (nSPS) is 14.9. The molecule has 0 saturated carbocycles. The molecular formula is C8H8N2O2. The second-order valence-electron chi connectivity index (χ2n) is 1.99. The van der Waals surface area contributed by atoms with Crippen molar-refractivity contribution in [2.75, 3.05) is 7.11 Å². The van der Waals surface area contributed by atoms with Crippen LogP contribution in [0.25, 0.3) is 0 Å². The standard InChI is InChI=1S/C8H8N2O2/c1-12-8(11)7-5-3-2-4-6-9-10-7/h2-6H,1H3. The Balaban J connectivity index is 2.82. The van der Waals surface area contributed by atoms with E-state index in [0.29, 0.717) is 0 Å². The van der Waals surface area contributed by atoms with E-state index >= 15 is 0 Å². The summed E-state index contributed by atoms with van der Waals surface area (Å²) in [6, 6.07) is 0. The number of hydrogen-bond donors (Lipinski definition) is 0. The third-order valence-electron chi connectivity index (χ3n) is 1.19. The number of allylic oxidation sites excluding steroid dienone is 4. The van der Waals surface area contributed by atoms with Gasteiger partial charge in [0.1, 0.15) is 0 Å². The van der Waals surface area contributed by atoms with Gasteiger partial charge in [0.2, 0.25) is 0 Å². The van der Waals surface area contributed by atoms with Crippen LogP contribution in [0.15, 0.2) is 46.4 Å². The van der Waals surface area contributed by atoms with Gasteiger partial charge >= 0.3 is 5.97 Å². The van der Waals surface area contributed by atoms with E-state index in [1.807, 2.05) is 0 Å². The molecule has 0 aromatic carbocycles. The van der Waals surface area contributed by atoms with Crippen LogP contribution in [0.1, 0.15) is 0 Å². The summed E-state index contributed by atoms with van der Waals surface area (Å²) in [6.45, 7) is 0. The van der Waals surface area contributed by atoms with Crippen LogP contribution in [0.5, 0.6) is 0 Å². The van der Waals surface area contributed by atoms with Crippen molar-refractivity contribution in [3.63, 3.8) is 0 Å². The van der Waals surface area contributed by atoms with Gasteiger partial charge in [-0.15, -0.1) is 5.11 Å². The number of hydrogen-bond acceptors (Lipinski definition) is 4. The van der Waals surface area contributed by atoms with Gasteiger partial charge < -0.3 is 4.74 Å². The van der Waals surface area contributed by atoms with Crippen LogP contribution in [0.3, 0.4) is 0 Å². The Morgan fingerprint density at radius 3 is 3.00 bits per heavy atom. The highest BCUT2D eigenvalue weighted by Crippen LogP contribution is 2.03. The van der Waals surface area contributed by atoms with Crippen molar-refractivity contribution in [1.29, 1.82) is 0 Å². The molecule has 1 heterocycles. The monoisotopic (exact) mass is 164 g/mol. The molecule has 0 saturated heterocycles. The minimum atomic E-state index is -0.487. The average Bonchev–Trinajstić information content (AvgIpc) is 2.02. The maximum atomic E-state index is 10.9. The zero-order valence-corrected chi connectivity index (χ0v) is 6.60.